The van der Waals surface area contributed by atoms with Gasteiger partial charge in [-0.15, -0.1) is 0 Å². The van der Waals surface area contributed by atoms with Gasteiger partial charge in [0.15, 0.2) is 0 Å². The average molecular weight is 203 g/mol. The molecule has 0 aliphatic carbocycles. The molecule has 0 spiro atoms. The van der Waals surface area contributed by atoms with E-state index in [-0.39, 0.29) is 0 Å². The number of rotatable bonds is 5. The van der Waals surface area contributed by atoms with E-state index in [1.54, 1.807) is 36.8 Å². The molecule has 3 heteroatoms. The van der Waals surface area contributed by atoms with Crippen molar-refractivity contribution in [2.45, 2.75) is 0 Å². The lowest BCUT2D eigenvalue weighted by molar-refractivity contribution is 0.372. The highest BCUT2D eigenvalue weighted by Crippen LogP contribution is 2.09. The minimum absolute atomic E-state index is 0.501. The molecule has 0 atom stereocenters. The van der Waals surface area contributed by atoms with Gasteiger partial charge in [0.25, 0.3) is 0 Å². The summed E-state index contributed by atoms with van der Waals surface area (Å²) in [5, 5.41) is 0. The fraction of sp³-hybridized carbons (Fsp3) is 0. The summed E-state index contributed by atoms with van der Waals surface area (Å²) in [4.78, 5) is 0. The Morgan fingerprint density at radius 1 is 1.53 bits per heavy atom. The van der Waals surface area contributed by atoms with Crippen LogP contribution in [0.5, 0.6) is 0 Å². The molecule has 0 fully saturated rings. The van der Waals surface area contributed by atoms with E-state index in [0.717, 1.165) is 5.56 Å². The molecule has 0 aliphatic heterocycles. The van der Waals surface area contributed by atoms with Gasteiger partial charge in [0.1, 0.15) is 5.76 Å². The van der Waals surface area contributed by atoms with E-state index in [2.05, 4.69) is 13.2 Å². The van der Waals surface area contributed by atoms with Crippen molar-refractivity contribution in [2.24, 2.45) is 5.73 Å². The second-order valence-electron chi connectivity index (χ2n) is 2.74. The maximum Gasteiger partial charge on any atom is 0.119 e. The average Bonchev–Trinajstić information content (AvgIpc) is 2.70. The molecule has 78 valence electrons. The Hall–Kier alpha value is -2.16. The van der Waals surface area contributed by atoms with Crippen LogP contribution in [0, 0.1) is 0 Å². The summed E-state index contributed by atoms with van der Waals surface area (Å²) in [5.41, 5.74) is 7.22. The summed E-state index contributed by atoms with van der Waals surface area (Å²) in [6, 6.07) is 1.79. The third kappa shape index (κ3) is 3.60. The first-order chi connectivity index (χ1) is 7.24. The summed E-state index contributed by atoms with van der Waals surface area (Å²) < 4.78 is 9.81. The molecule has 1 aromatic heterocycles. The molecule has 0 unspecified atom stereocenters. The van der Waals surface area contributed by atoms with E-state index in [4.69, 9.17) is 14.9 Å². The van der Waals surface area contributed by atoms with Crippen LogP contribution >= 0.6 is 0 Å². The number of hydrogen-bond donors (Lipinski definition) is 1. The zero-order valence-corrected chi connectivity index (χ0v) is 8.35. The van der Waals surface area contributed by atoms with Crippen LogP contribution in [-0.4, -0.2) is 0 Å². The standard InChI is InChI=1S/C12H13NO2/c1-3-15-10(2)5-4-6-12(13)11-7-8-14-9-11/h3-9H,1-2,13H2/b5-4-,12-6-. The Bertz CT molecular complexity index is 386. The third-order valence-electron chi connectivity index (χ3n) is 1.65. The molecule has 0 aromatic carbocycles. The largest absolute Gasteiger partial charge is 0.472 e. The van der Waals surface area contributed by atoms with Gasteiger partial charge in [0, 0.05) is 11.3 Å². The van der Waals surface area contributed by atoms with Gasteiger partial charge in [0.05, 0.1) is 18.8 Å². The zero-order chi connectivity index (χ0) is 11.1. The summed E-state index contributed by atoms with van der Waals surface area (Å²) >= 11 is 0. The molecule has 0 saturated heterocycles. The maximum absolute atomic E-state index is 5.76. The number of ether oxygens (including phenoxy) is 1. The van der Waals surface area contributed by atoms with Gasteiger partial charge in [-0.3, -0.25) is 0 Å². The normalized spacial score (nSPS) is 11.6. The summed E-state index contributed by atoms with van der Waals surface area (Å²) in [6.45, 7) is 7.05. The Kier molecular flexibility index (Phi) is 4.04. The first-order valence-corrected chi connectivity index (χ1v) is 4.37. The smallest absolute Gasteiger partial charge is 0.119 e. The van der Waals surface area contributed by atoms with Crippen molar-refractivity contribution in [3.8, 4) is 0 Å². The van der Waals surface area contributed by atoms with Crippen LogP contribution in [0.3, 0.4) is 0 Å². The van der Waals surface area contributed by atoms with Gasteiger partial charge in [-0.2, -0.15) is 0 Å². The predicted octanol–water partition coefficient (Wildman–Crippen LogP) is 2.81. The second kappa shape index (κ2) is 5.54. The van der Waals surface area contributed by atoms with Gasteiger partial charge >= 0.3 is 0 Å². The van der Waals surface area contributed by atoms with Crippen LogP contribution in [-0.2, 0) is 4.74 Å². The van der Waals surface area contributed by atoms with E-state index < -0.39 is 0 Å². The molecule has 0 radical (unpaired) electrons. The first-order valence-electron chi connectivity index (χ1n) is 4.37. The van der Waals surface area contributed by atoms with Crippen molar-refractivity contribution in [1.82, 2.24) is 0 Å². The van der Waals surface area contributed by atoms with E-state index in [1.807, 2.05) is 0 Å². The van der Waals surface area contributed by atoms with E-state index in [0.29, 0.717) is 11.5 Å². The first kappa shape index (κ1) is 10.9. The molecule has 0 bridgehead atoms. The van der Waals surface area contributed by atoms with Crippen molar-refractivity contribution in [3.05, 3.63) is 67.6 Å². The van der Waals surface area contributed by atoms with Crippen LogP contribution < -0.4 is 5.73 Å². The summed E-state index contributed by atoms with van der Waals surface area (Å²) in [7, 11) is 0. The summed E-state index contributed by atoms with van der Waals surface area (Å²) in [6.07, 6.45) is 9.63. The molecule has 2 N–H and O–H groups in total. The Morgan fingerprint density at radius 2 is 2.33 bits per heavy atom. The van der Waals surface area contributed by atoms with Crippen molar-refractivity contribution in [3.63, 3.8) is 0 Å². The topological polar surface area (TPSA) is 48.4 Å². The fourth-order valence-electron chi connectivity index (χ4n) is 0.930. The Morgan fingerprint density at radius 3 is 2.93 bits per heavy atom. The quantitative estimate of drug-likeness (QED) is 0.591. The van der Waals surface area contributed by atoms with Crippen LogP contribution in [0.1, 0.15) is 5.56 Å². The monoisotopic (exact) mass is 203 g/mol. The SMILES string of the molecule is C=COC(=C)/C=C\C=C(/N)c1ccoc1. The Balaban J connectivity index is 2.58. The number of hydrogen-bond acceptors (Lipinski definition) is 3. The van der Waals surface area contributed by atoms with Crippen molar-refractivity contribution >= 4 is 5.70 Å². The van der Waals surface area contributed by atoms with Crippen molar-refractivity contribution < 1.29 is 9.15 Å². The highest BCUT2D eigenvalue weighted by atomic mass is 16.5. The van der Waals surface area contributed by atoms with Crippen molar-refractivity contribution in [2.75, 3.05) is 0 Å². The Labute approximate surface area is 88.8 Å². The lowest BCUT2D eigenvalue weighted by atomic mass is 10.2. The molecule has 1 heterocycles. The maximum atomic E-state index is 5.76. The van der Waals surface area contributed by atoms with E-state index in [1.165, 1.54) is 6.26 Å². The fourth-order valence-corrected chi connectivity index (χ4v) is 0.930. The lowest BCUT2D eigenvalue weighted by Gasteiger charge is -1.95. The second-order valence-corrected chi connectivity index (χ2v) is 2.74. The molecular weight excluding hydrogens is 190 g/mol. The highest BCUT2D eigenvalue weighted by molar-refractivity contribution is 5.63. The predicted molar refractivity (Wildman–Crippen MR) is 60.4 cm³/mol. The molecule has 0 aliphatic rings. The van der Waals surface area contributed by atoms with Gasteiger partial charge in [-0.1, -0.05) is 19.2 Å². The minimum atomic E-state index is 0.501. The molecule has 1 aromatic rings. The molecule has 1 rings (SSSR count). The lowest BCUT2D eigenvalue weighted by Crippen LogP contribution is -1.92. The van der Waals surface area contributed by atoms with Crippen LogP contribution in [0.2, 0.25) is 0 Å². The molecular formula is C12H13NO2. The number of allylic oxidation sites excluding steroid dienone is 3. The van der Waals surface area contributed by atoms with E-state index in [9.17, 15) is 0 Å². The molecule has 0 amide bonds. The van der Waals surface area contributed by atoms with Gasteiger partial charge in [-0.25, -0.2) is 0 Å². The van der Waals surface area contributed by atoms with Crippen LogP contribution in [0.15, 0.2) is 66.4 Å². The number of nitrogens with two attached hydrogens (primary N) is 1. The highest BCUT2D eigenvalue weighted by Gasteiger charge is 1.94. The molecule has 15 heavy (non-hydrogen) atoms. The summed E-state index contributed by atoms with van der Waals surface area (Å²) in [5.74, 6) is 0.501. The van der Waals surface area contributed by atoms with Gasteiger partial charge < -0.3 is 14.9 Å². The zero-order valence-electron chi connectivity index (χ0n) is 8.35. The van der Waals surface area contributed by atoms with E-state index >= 15 is 0 Å². The van der Waals surface area contributed by atoms with Crippen LogP contribution in [0.25, 0.3) is 5.70 Å². The minimum Gasteiger partial charge on any atom is -0.472 e. The van der Waals surface area contributed by atoms with Crippen molar-refractivity contribution in [1.29, 1.82) is 0 Å². The van der Waals surface area contributed by atoms with Crippen LogP contribution in [0.4, 0.5) is 0 Å². The third-order valence-corrected chi connectivity index (χ3v) is 1.65. The van der Waals surface area contributed by atoms with Gasteiger partial charge in [-0.05, 0) is 18.2 Å². The molecule has 0 saturated carbocycles. The number of furan rings is 1. The molecule has 3 nitrogen and oxygen atoms in total. The van der Waals surface area contributed by atoms with Gasteiger partial charge in [0.2, 0.25) is 0 Å².